The fraction of sp³-hybridized carbons (Fsp3) is 0. The molecular formula is C48H27N3OS. The van der Waals surface area contributed by atoms with Crippen LogP contribution in [0.2, 0.25) is 0 Å². The third-order valence-electron chi connectivity index (χ3n) is 10.8. The zero-order chi connectivity index (χ0) is 34.6. The lowest BCUT2D eigenvalue weighted by atomic mass is 10.0. The number of hydrogen-bond acceptors (Lipinski definition) is 4. The second kappa shape index (κ2) is 10.8. The van der Waals surface area contributed by atoms with Crippen LogP contribution in [0.1, 0.15) is 0 Å². The predicted molar refractivity (Wildman–Crippen MR) is 222 cm³/mol. The number of thiophene rings is 1. The fourth-order valence-electron chi connectivity index (χ4n) is 8.35. The molecule has 0 amide bonds. The lowest BCUT2D eigenvalue weighted by molar-refractivity contribution is 0.666. The minimum atomic E-state index is 0.686. The Labute approximate surface area is 306 Å². The number of nitrogens with zero attached hydrogens (tertiary/aromatic N) is 3. The third-order valence-corrected chi connectivity index (χ3v) is 11.9. The van der Waals surface area contributed by atoms with E-state index in [4.69, 9.17) is 14.4 Å². The largest absolute Gasteiger partial charge is 0.454 e. The molecule has 0 saturated heterocycles. The van der Waals surface area contributed by atoms with Crippen molar-refractivity contribution in [2.75, 3.05) is 0 Å². The van der Waals surface area contributed by atoms with Gasteiger partial charge in [0, 0.05) is 42.8 Å². The molecule has 12 rings (SSSR count). The normalized spacial score (nSPS) is 12.2. The summed E-state index contributed by atoms with van der Waals surface area (Å²) < 4.78 is 11.5. The first kappa shape index (κ1) is 28.8. The van der Waals surface area contributed by atoms with E-state index < -0.39 is 0 Å². The van der Waals surface area contributed by atoms with E-state index >= 15 is 0 Å². The molecule has 53 heavy (non-hydrogen) atoms. The summed E-state index contributed by atoms with van der Waals surface area (Å²) in [6, 6.07) is 58.2. The Kier molecular flexibility index (Phi) is 5.90. The van der Waals surface area contributed by atoms with Gasteiger partial charge in [0.2, 0.25) is 0 Å². The molecule has 12 aromatic rings. The molecule has 0 fully saturated rings. The molecule has 0 spiro atoms. The molecule has 0 unspecified atom stereocenters. The average molecular weight is 694 g/mol. The standard InChI is InChI=1S/C48H27N3OS/c1-2-12-29-25-32(24-23-28(29)11-1)44-47-45(34-16-6-8-22-42(34)53-47)50-48(49-44)36-18-10-21-41-43(36)35-17-9-20-39(46(35)52-41)51-38-19-7-5-15-33(38)37-26-30-13-3-4-14-31(30)27-40(37)51/h1-27H. The van der Waals surface area contributed by atoms with Gasteiger partial charge < -0.3 is 8.98 Å². The topological polar surface area (TPSA) is 43.9 Å². The molecule has 0 atom stereocenters. The van der Waals surface area contributed by atoms with Crippen LogP contribution >= 0.6 is 11.3 Å². The van der Waals surface area contributed by atoms with Crippen molar-refractivity contribution in [2.24, 2.45) is 0 Å². The van der Waals surface area contributed by atoms with Crippen molar-refractivity contribution >= 4 is 96.9 Å². The van der Waals surface area contributed by atoms with E-state index in [1.54, 1.807) is 11.3 Å². The Bertz CT molecular complexity index is 3480. The molecule has 5 heteroatoms. The lowest BCUT2D eigenvalue weighted by Gasteiger charge is -2.10. The predicted octanol–water partition coefficient (Wildman–Crippen LogP) is 13.5. The highest BCUT2D eigenvalue weighted by atomic mass is 32.1. The number of fused-ring (bicyclic) bond motifs is 11. The summed E-state index contributed by atoms with van der Waals surface area (Å²) in [5, 5.41) is 10.5. The Morgan fingerprint density at radius 2 is 1.23 bits per heavy atom. The van der Waals surface area contributed by atoms with Crippen LogP contribution < -0.4 is 0 Å². The molecule has 4 aromatic heterocycles. The van der Waals surface area contributed by atoms with Crippen LogP contribution in [0.15, 0.2) is 168 Å². The van der Waals surface area contributed by atoms with E-state index in [-0.39, 0.29) is 0 Å². The zero-order valence-corrected chi connectivity index (χ0v) is 29.1. The minimum Gasteiger partial charge on any atom is -0.454 e. The summed E-state index contributed by atoms with van der Waals surface area (Å²) in [5.74, 6) is 0.686. The highest BCUT2D eigenvalue weighted by Crippen LogP contribution is 2.44. The van der Waals surface area contributed by atoms with Crippen LogP contribution in [0, 0.1) is 0 Å². The summed E-state index contributed by atoms with van der Waals surface area (Å²) >= 11 is 1.76. The van der Waals surface area contributed by atoms with Gasteiger partial charge >= 0.3 is 0 Å². The first-order valence-electron chi connectivity index (χ1n) is 17.8. The van der Waals surface area contributed by atoms with Crippen molar-refractivity contribution in [3.63, 3.8) is 0 Å². The van der Waals surface area contributed by atoms with Gasteiger partial charge in [0.15, 0.2) is 11.4 Å². The first-order chi connectivity index (χ1) is 26.3. The highest BCUT2D eigenvalue weighted by Gasteiger charge is 2.22. The lowest BCUT2D eigenvalue weighted by Crippen LogP contribution is -1.95. The molecule has 0 bridgehead atoms. The van der Waals surface area contributed by atoms with E-state index in [0.717, 1.165) is 71.1 Å². The maximum Gasteiger partial charge on any atom is 0.161 e. The van der Waals surface area contributed by atoms with Crippen LogP contribution in [-0.2, 0) is 0 Å². The number of furan rings is 1. The highest BCUT2D eigenvalue weighted by molar-refractivity contribution is 7.26. The Balaban J connectivity index is 1.14. The number of hydrogen-bond donors (Lipinski definition) is 0. The van der Waals surface area contributed by atoms with E-state index in [1.807, 2.05) is 0 Å². The Morgan fingerprint density at radius 3 is 2.11 bits per heavy atom. The number of benzene rings is 8. The van der Waals surface area contributed by atoms with Gasteiger partial charge in [-0.3, -0.25) is 0 Å². The van der Waals surface area contributed by atoms with E-state index in [2.05, 4.69) is 168 Å². The second-order valence-electron chi connectivity index (χ2n) is 13.7. The van der Waals surface area contributed by atoms with Crippen molar-refractivity contribution in [3.8, 4) is 28.3 Å². The monoisotopic (exact) mass is 693 g/mol. The second-order valence-corrected chi connectivity index (χ2v) is 14.8. The van der Waals surface area contributed by atoms with Gasteiger partial charge in [-0.05, 0) is 64.0 Å². The van der Waals surface area contributed by atoms with Gasteiger partial charge in [-0.2, -0.15) is 0 Å². The summed E-state index contributed by atoms with van der Waals surface area (Å²) in [6.45, 7) is 0. The SMILES string of the molecule is c1ccc2cc(-c3nc(-c4cccc5oc6c(-n7c8ccccc8c8cc9ccccc9cc87)cccc6c45)nc4c3sc3ccccc34)ccc2c1. The molecule has 0 radical (unpaired) electrons. The van der Waals surface area contributed by atoms with Gasteiger partial charge in [-0.1, -0.05) is 121 Å². The first-order valence-corrected chi connectivity index (χ1v) is 18.6. The van der Waals surface area contributed by atoms with Crippen LogP contribution in [0.4, 0.5) is 0 Å². The van der Waals surface area contributed by atoms with Gasteiger partial charge in [-0.25, -0.2) is 9.97 Å². The number of aromatic nitrogens is 3. The molecule has 0 N–H and O–H groups in total. The van der Waals surface area contributed by atoms with Gasteiger partial charge in [0.05, 0.1) is 32.6 Å². The fourth-order valence-corrected chi connectivity index (χ4v) is 9.51. The minimum absolute atomic E-state index is 0.686. The summed E-state index contributed by atoms with van der Waals surface area (Å²) in [5.41, 5.74) is 8.88. The van der Waals surface area contributed by atoms with E-state index in [9.17, 15) is 0 Å². The van der Waals surface area contributed by atoms with E-state index in [0.29, 0.717) is 5.82 Å². The molecule has 0 aliphatic carbocycles. The van der Waals surface area contributed by atoms with Gasteiger partial charge in [0.1, 0.15) is 5.58 Å². The quantitative estimate of drug-likeness (QED) is 0.185. The molecule has 0 aliphatic rings. The smallest absolute Gasteiger partial charge is 0.161 e. The van der Waals surface area contributed by atoms with Crippen LogP contribution in [-0.4, -0.2) is 14.5 Å². The van der Waals surface area contributed by atoms with Crippen LogP contribution in [0.5, 0.6) is 0 Å². The Morgan fingerprint density at radius 1 is 0.509 bits per heavy atom. The molecule has 0 aliphatic heterocycles. The molecule has 246 valence electrons. The molecule has 8 aromatic carbocycles. The number of rotatable bonds is 3. The molecule has 0 saturated carbocycles. The number of para-hydroxylation sites is 2. The summed E-state index contributed by atoms with van der Waals surface area (Å²) in [7, 11) is 0. The van der Waals surface area contributed by atoms with Gasteiger partial charge in [0.25, 0.3) is 0 Å². The molecule has 4 heterocycles. The maximum absolute atomic E-state index is 6.89. The average Bonchev–Trinajstić information content (AvgIpc) is 3.89. The van der Waals surface area contributed by atoms with Crippen molar-refractivity contribution in [1.82, 2.24) is 14.5 Å². The van der Waals surface area contributed by atoms with Gasteiger partial charge in [-0.15, -0.1) is 11.3 Å². The van der Waals surface area contributed by atoms with Crippen molar-refractivity contribution in [3.05, 3.63) is 164 Å². The van der Waals surface area contributed by atoms with E-state index in [1.165, 1.54) is 37.0 Å². The summed E-state index contributed by atoms with van der Waals surface area (Å²) in [4.78, 5) is 10.8. The molecule has 4 nitrogen and oxygen atoms in total. The maximum atomic E-state index is 6.89. The van der Waals surface area contributed by atoms with Crippen molar-refractivity contribution < 1.29 is 4.42 Å². The summed E-state index contributed by atoms with van der Waals surface area (Å²) in [6.07, 6.45) is 0. The zero-order valence-electron chi connectivity index (χ0n) is 28.2. The van der Waals surface area contributed by atoms with Crippen LogP contribution in [0.25, 0.3) is 114 Å². The Hall–Kier alpha value is -6.82. The van der Waals surface area contributed by atoms with Crippen molar-refractivity contribution in [2.45, 2.75) is 0 Å². The third kappa shape index (κ3) is 4.17. The van der Waals surface area contributed by atoms with Crippen molar-refractivity contribution in [1.29, 1.82) is 0 Å². The van der Waals surface area contributed by atoms with Crippen LogP contribution in [0.3, 0.4) is 0 Å². The molecular weight excluding hydrogens is 667 g/mol.